The van der Waals surface area contributed by atoms with E-state index in [2.05, 4.69) is 15.0 Å². The van der Waals surface area contributed by atoms with Gasteiger partial charge in [0, 0.05) is 6.42 Å². The number of aromatic nitrogens is 2. The molecule has 16 heavy (non-hydrogen) atoms. The molecule has 1 saturated heterocycles. The fourth-order valence-electron chi connectivity index (χ4n) is 2.05. The number of rotatable bonds is 4. The van der Waals surface area contributed by atoms with E-state index in [9.17, 15) is 4.79 Å². The van der Waals surface area contributed by atoms with Gasteiger partial charge in [0.1, 0.15) is 6.29 Å². The monoisotopic (exact) mass is 223 g/mol. The summed E-state index contributed by atoms with van der Waals surface area (Å²) in [4.78, 5) is 17.3. The quantitative estimate of drug-likeness (QED) is 0.717. The number of carbonyl (C=O) groups is 1. The summed E-state index contributed by atoms with van der Waals surface area (Å²) in [5, 5.41) is 3.91. The van der Waals surface area contributed by atoms with E-state index in [1.165, 1.54) is 0 Å². The average molecular weight is 223 g/mol. The van der Waals surface area contributed by atoms with Gasteiger partial charge in [0.2, 0.25) is 5.89 Å². The molecule has 1 unspecified atom stereocenters. The highest BCUT2D eigenvalue weighted by atomic mass is 16.5. The number of piperidine rings is 1. The van der Waals surface area contributed by atoms with Crippen molar-refractivity contribution in [3.05, 3.63) is 11.7 Å². The van der Waals surface area contributed by atoms with E-state index in [4.69, 9.17) is 4.52 Å². The Bertz CT molecular complexity index is 351. The van der Waals surface area contributed by atoms with Crippen LogP contribution in [0.4, 0.5) is 0 Å². The van der Waals surface area contributed by atoms with Gasteiger partial charge in [0.15, 0.2) is 5.82 Å². The highest BCUT2D eigenvalue weighted by molar-refractivity contribution is 5.57. The van der Waals surface area contributed by atoms with Crippen LogP contribution < -0.4 is 0 Å². The molecule has 0 aliphatic carbocycles. The predicted octanol–water partition coefficient (Wildman–Crippen LogP) is 1.19. The third kappa shape index (κ3) is 2.47. The maximum atomic E-state index is 10.9. The second-order valence-electron chi connectivity index (χ2n) is 4.13. The normalized spacial score (nSPS) is 22.2. The van der Waals surface area contributed by atoms with Gasteiger partial charge in [-0.1, -0.05) is 18.5 Å². The second-order valence-corrected chi connectivity index (χ2v) is 4.13. The van der Waals surface area contributed by atoms with Crippen molar-refractivity contribution in [1.82, 2.24) is 15.0 Å². The van der Waals surface area contributed by atoms with Crippen molar-refractivity contribution in [1.29, 1.82) is 0 Å². The van der Waals surface area contributed by atoms with Crippen LogP contribution in [0.3, 0.4) is 0 Å². The van der Waals surface area contributed by atoms with Crippen LogP contribution in [0.2, 0.25) is 0 Å². The molecular formula is C11H17N3O2. The van der Waals surface area contributed by atoms with E-state index in [-0.39, 0.29) is 6.04 Å². The van der Waals surface area contributed by atoms with E-state index in [0.29, 0.717) is 18.3 Å². The summed E-state index contributed by atoms with van der Waals surface area (Å²) in [6.45, 7) is 3.54. The highest BCUT2D eigenvalue weighted by Crippen LogP contribution is 2.17. The zero-order chi connectivity index (χ0) is 11.4. The summed E-state index contributed by atoms with van der Waals surface area (Å²) >= 11 is 0. The van der Waals surface area contributed by atoms with Gasteiger partial charge in [-0.15, -0.1) is 0 Å². The predicted molar refractivity (Wildman–Crippen MR) is 57.8 cm³/mol. The first-order valence-corrected chi connectivity index (χ1v) is 5.84. The van der Waals surface area contributed by atoms with Crippen molar-refractivity contribution in [3.8, 4) is 0 Å². The van der Waals surface area contributed by atoms with Gasteiger partial charge in [-0.3, -0.25) is 4.90 Å². The molecule has 0 saturated carbocycles. The standard InChI is InChI=1S/C11H17N3O2/c1-2-11-12-10(13-16-11)7-14-6-4-3-5-9(14)8-15/h8-9H,2-7H2,1H3. The Hall–Kier alpha value is -1.23. The van der Waals surface area contributed by atoms with E-state index in [0.717, 1.165) is 38.5 Å². The van der Waals surface area contributed by atoms with Crippen LogP contribution in [0.5, 0.6) is 0 Å². The van der Waals surface area contributed by atoms with Crippen LogP contribution in [0, 0.1) is 0 Å². The van der Waals surface area contributed by atoms with Crippen LogP contribution in [0.15, 0.2) is 4.52 Å². The van der Waals surface area contributed by atoms with Gasteiger partial charge in [0.25, 0.3) is 0 Å². The molecule has 2 rings (SSSR count). The molecule has 1 aliphatic rings. The third-order valence-electron chi connectivity index (χ3n) is 2.98. The van der Waals surface area contributed by atoms with Crippen molar-refractivity contribution in [3.63, 3.8) is 0 Å². The van der Waals surface area contributed by atoms with Crippen molar-refractivity contribution >= 4 is 6.29 Å². The number of likely N-dealkylation sites (tertiary alicyclic amines) is 1. The Labute approximate surface area is 94.8 Å². The molecule has 0 N–H and O–H groups in total. The van der Waals surface area contributed by atoms with Gasteiger partial charge < -0.3 is 9.32 Å². The Balaban J connectivity index is 1.99. The Kier molecular flexibility index (Phi) is 3.66. The lowest BCUT2D eigenvalue weighted by atomic mass is 10.0. The molecule has 1 fully saturated rings. The zero-order valence-corrected chi connectivity index (χ0v) is 9.56. The van der Waals surface area contributed by atoms with Crippen molar-refractivity contribution in [2.45, 2.75) is 45.2 Å². The SMILES string of the molecule is CCc1nc(CN2CCCCC2C=O)no1. The largest absolute Gasteiger partial charge is 0.339 e. The summed E-state index contributed by atoms with van der Waals surface area (Å²) in [5.74, 6) is 1.35. The average Bonchev–Trinajstić information content (AvgIpc) is 2.77. The molecule has 0 radical (unpaired) electrons. The number of carbonyl (C=O) groups excluding carboxylic acids is 1. The lowest BCUT2D eigenvalue weighted by Crippen LogP contribution is -2.40. The molecule has 1 aliphatic heterocycles. The van der Waals surface area contributed by atoms with E-state index < -0.39 is 0 Å². The highest BCUT2D eigenvalue weighted by Gasteiger charge is 2.23. The maximum Gasteiger partial charge on any atom is 0.226 e. The molecular weight excluding hydrogens is 206 g/mol. The van der Waals surface area contributed by atoms with Gasteiger partial charge in [-0.2, -0.15) is 4.98 Å². The molecule has 2 heterocycles. The first-order chi connectivity index (χ1) is 7.83. The van der Waals surface area contributed by atoms with Crippen LogP contribution in [0.1, 0.15) is 37.9 Å². The summed E-state index contributed by atoms with van der Waals surface area (Å²) in [6.07, 6.45) is 5.00. The Morgan fingerprint density at radius 1 is 1.56 bits per heavy atom. The second kappa shape index (κ2) is 5.21. The van der Waals surface area contributed by atoms with Crippen LogP contribution in [0.25, 0.3) is 0 Å². The molecule has 0 bridgehead atoms. The number of hydrogen-bond donors (Lipinski definition) is 0. The van der Waals surface area contributed by atoms with Crippen LogP contribution >= 0.6 is 0 Å². The fourth-order valence-corrected chi connectivity index (χ4v) is 2.05. The first kappa shape index (κ1) is 11.3. The molecule has 1 aromatic rings. The van der Waals surface area contributed by atoms with E-state index >= 15 is 0 Å². The minimum atomic E-state index is 0.0253. The topological polar surface area (TPSA) is 59.2 Å². The van der Waals surface area contributed by atoms with Crippen molar-refractivity contribution < 1.29 is 9.32 Å². The zero-order valence-electron chi connectivity index (χ0n) is 9.56. The molecule has 5 heteroatoms. The third-order valence-corrected chi connectivity index (χ3v) is 2.98. The maximum absolute atomic E-state index is 10.9. The Morgan fingerprint density at radius 3 is 3.12 bits per heavy atom. The van der Waals surface area contributed by atoms with Crippen LogP contribution in [-0.4, -0.2) is 33.9 Å². The number of nitrogens with zero attached hydrogens (tertiary/aromatic N) is 3. The Morgan fingerprint density at radius 2 is 2.44 bits per heavy atom. The van der Waals surface area contributed by atoms with Crippen molar-refractivity contribution in [2.24, 2.45) is 0 Å². The minimum absolute atomic E-state index is 0.0253. The van der Waals surface area contributed by atoms with E-state index in [1.54, 1.807) is 0 Å². The van der Waals surface area contributed by atoms with Gasteiger partial charge >= 0.3 is 0 Å². The number of aldehydes is 1. The molecule has 5 nitrogen and oxygen atoms in total. The number of hydrogen-bond acceptors (Lipinski definition) is 5. The summed E-state index contributed by atoms with van der Waals surface area (Å²) in [6, 6.07) is 0.0253. The fraction of sp³-hybridized carbons (Fsp3) is 0.727. The summed E-state index contributed by atoms with van der Waals surface area (Å²) in [7, 11) is 0. The lowest BCUT2D eigenvalue weighted by molar-refractivity contribution is -0.113. The van der Waals surface area contributed by atoms with Gasteiger partial charge in [-0.25, -0.2) is 0 Å². The molecule has 0 amide bonds. The van der Waals surface area contributed by atoms with E-state index in [1.807, 2.05) is 6.92 Å². The summed E-state index contributed by atoms with van der Waals surface area (Å²) in [5.41, 5.74) is 0. The van der Waals surface area contributed by atoms with Gasteiger partial charge in [0.05, 0.1) is 12.6 Å². The molecule has 1 atom stereocenters. The summed E-state index contributed by atoms with van der Waals surface area (Å²) < 4.78 is 5.05. The molecule has 88 valence electrons. The van der Waals surface area contributed by atoms with Crippen molar-refractivity contribution in [2.75, 3.05) is 6.54 Å². The first-order valence-electron chi connectivity index (χ1n) is 5.84. The van der Waals surface area contributed by atoms with Gasteiger partial charge in [-0.05, 0) is 19.4 Å². The minimum Gasteiger partial charge on any atom is -0.339 e. The smallest absolute Gasteiger partial charge is 0.226 e. The molecule has 0 spiro atoms. The molecule has 1 aromatic heterocycles. The number of aryl methyl sites for hydroxylation is 1. The lowest BCUT2D eigenvalue weighted by Gasteiger charge is -2.30. The molecule has 0 aromatic carbocycles. The van der Waals surface area contributed by atoms with Crippen LogP contribution in [-0.2, 0) is 17.8 Å².